The Hall–Kier alpha value is -3.19. The fourth-order valence-corrected chi connectivity index (χ4v) is 3.99. The average Bonchev–Trinajstić information content (AvgIpc) is 3.11. The van der Waals surface area contributed by atoms with E-state index in [-0.39, 0.29) is 18.3 Å². The second kappa shape index (κ2) is 9.54. The molecule has 0 unspecified atom stereocenters. The highest BCUT2D eigenvalue weighted by Crippen LogP contribution is 2.30. The van der Waals surface area contributed by atoms with Gasteiger partial charge in [-0.05, 0) is 44.5 Å². The largest absolute Gasteiger partial charge is 0.493 e. The van der Waals surface area contributed by atoms with Crippen molar-refractivity contribution in [2.75, 3.05) is 13.7 Å². The van der Waals surface area contributed by atoms with Gasteiger partial charge in [0.25, 0.3) is 5.91 Å². The Morgan fingerprint density at radius 2 is 1.87 bits per heavy atom. The maximum Gasteiger partial charge on any atom is 0.258 e. The molecule has 156 valence electrons. The fraction of sp³-hybridized carbons (Fsp3) is 0.261. The number of carbonyl (C=O) groups is 2. The number of nitrogens with zero attached hydrogens (tertiary/aromatic N) is 1. The van der Waals surface area contributed by atoms with E-state index in [4.69, 9.17) is 9.47 Å². The third-order valence-corrected chi connectivity index (χ3v) is 5.83. The molecule has 1 heterocycles. The number of hydrogen-bond donors (Lipinski definition) is 1. The average molecular weight is 425 g/mol. The third kappa shape index (κ3) is 5.04. The number of hydrogen-bond acceptors (Lipinski definition) is 6. The van der Waals surface area contributed by atoms with Crippen molar-refractivity contribution in [3.05, 3.63) is 64.2 Å². The van der Waals surface area contributed by atoms with Crippen LogP contribution in [0.15, 0.2) is 42.5 Å². The molecule has 3 aromatic rings. The molecule has 7 heteroatoms. The molecule has 1 amide bonds. The lowest BCUT2D eigenvalue weighted by molar-refractivity contribution is -0.123. The maximum atomic E-state index is 12.3. The summed E-state index contributed by atoms with van der Waals surface area (Å²) in [4.78, 5) is 29.4. The molecule has 0 aliphatic heterocycles. The van der Waals surface area contributed by atoms with Gasteiger partial charge in [-0.1, -0.05) is 24.3 Å². The van der Waals surface area contributed by atoms with Crippen LogP contribution >= 0.6 is 11.3 Å². The Morgan fingerprint density at radius 3 is 2.57 bits per heavy atom. The standard InChI is InChI=1S/C23H24N2O4S/c1-14-7-5-6-8-18(14)23-25-15(2)21(30-23)12-24-22(27)13-29-19-10-9-17(16(3)26)11-20(19)28-4/h5-11H,12-13H2,1-4H3,(H,24,27). The van der Waals surface area contributed by atoms with E-state index in [1.165, 1.54) is 19.6 Å². The smallest absolute Gasteiger partial charge is 0.258 e. The Bertz CT molecular complexity index is 1070. The quantitative estimate of drug-likeness (QED) is 0.545. The van der Waals surface area contributed by atoms with Crippen molar-refractivity contribution in [3.8, 4) is 22.1 Å². The fourth-order valence-electron chi connectivity index (χ4n) is 2.90. The minimum atomic E-state index is -0.252. The van der Waals surface area contributed by atoms with Crippen molar-refractivity contribution in [1.29, 1.82) is 0 Å². The lowest BCUT2D eigenvalue weighted by Crippen LogP contribution is -2.28. The number of amides is 1. The summed E-state index contributed by atoms with van der Waals surface area (Å²) in [6.45, 7) is 5.71. The van der Waals surface area contributed by atoms with Crippen LogP contribution in [0.5, 0.6) is 11.5 Å². The first-order chi connectivity index (χ1) is 14.4. The van der Waals surface area contributed by atoms with Gasteiger partial charge in [0.15, 0.2) is 23.9 Å². The normalized spacial score (nSPS) is 10.5. The number of aryl methyl sites for hydroxylation is 2. The van der Waals surface area contributed by atoms with Crippen LogP contribution in [0.4, 0.5) is 0 Å². The van der Waals surface area contributed by atoms with Crippen LogP contribution in [0.1, 0.15) is 33.4 Å². The topological polar surface area (TPSA) is 77.5 Å². The predicted octanol–water partition coefficient (Wildman–Crippen LogP) is 4.33. The van der Waals surface area contributed by atoms with Crippen molar-refractivity contribution in [1.82, 2.24) is 10.3 Å². The van der Waals surface area contributed by atoms with Crippen molar-refractivity contribution >= 4 is 23.0 Å². The van der Waals surface area contributed by atoms with Crippen LogP contribution < -0.4 is 14.8 Å². The minimum absolute atomic E-state index is 0.0671. The minimum Gasteiger partial charge on any atom is -0.493 e. The number of ether oxygens (including phenoxy) is 2. The van der Waals surface area contributed by atoms with Gasteiger partial charge in [0, 0.05) is 16.0 Å². The van der Waals surface area contributed by atoms with Crippen LogP contribution in [-0.2, 0) is 11.3 Å². The summed E-state index contributed by atoms with van der Waals surface area (Å²) in [5.74, 6) is 0.505. The van der Waals surface area contributed by atoms with Gasteiger partial charge < -0.3 is 14.8 Å². The van der Waals surface area contributed by atoms with E-state index in [9.17, 15) is 9.59 Å². The first-order valence-electron chi connectivity index (χ1n) is 9.49. The molecule has 3 rings (SSSR count). The molecule has 0 atom stereocenters. The van der Waals surface area contributed by atoms with Crippen molar-refractivity contribution in [3.63, 3.8) is 0 Å². The predicted molar refractivity (Wildman–Crippen MR) is 117 cm³/mol. The van der Waals surface area contributed by atoms with Crippen molar-refractivity contribution < 1.29 is 19.1 Å². The highest BCUT2D eigenvalue weighted by Gasteiger charge is 2.13. The molecule has 0 fully saturated rings. The summed E-state index contributed by atoms with van der Waals surface area (Å²) in [5.41, 5.74) is 3.70. The summed E-state index contributed by atoms with van der Waals surface area (Å²) < 4.78 is 10.8. The zero-order chi connectivity index (χ0) is 21.7. The summed E-state index contributed by atoms with van der Waals surface area (Å²) >= 11 is 1.57. The zero-order valence-electron chi connectivity index (χ0n) is 17.4. The number of nitrogens with one attached hydrogen (secondary N) is 1. The molecule has 0 bridgehead atoms. The van der Waals surface area contributed by atoms with Crippen molar-refractivity contribution in [2.45, 2.75) is 27.3 Å². The number of rotatable bonds is 8. The summed E-state index contributed by atoms with van der Waals surface area (Å²) in [7, 11) is 1.49. The number of methoxy groups -OCH3 is 1. The van der Waals surface area contributed by atoms with Crippen LogP contribution in [0, 0.1) is 13.8 Å². The van der Waals surface area contributed by atoms with E-state index in [0.29, 0.717) is 23.6 Å². The van der Waals surface area contributed by atoms with E-state index >= 15 is 0 Å². The number of thiazole rings is 1. The monoisotopic (exact) mass is 424 g/mol. The zero-order valence-corrected chi connectivity index (χ0v) is 18.3. The van der Waals surface area contributed by atoms with E-state index in [2.05, 4.69) is 29.4 Å². The van der Waals surface area contributed by atoms with Gasteiger partial charge in [-0.25, -0.2) is 4.98 Å². The van der Waals surface area contributed by atoms with Crippen molar-refractivity contribution in [2.24, 2.45) is 0 Å². The molecule has 1 aromatic heterocycles. The van der Waals surface area contributed by atoms with E-state index in [1.54, 1.807) is 29.5 Å². The molecule has 0 radical (unpaired) electrons. The van der Waals surface area contributed by atoms with Gasteiger partial charge in [0.2, 0.25) is 0 Å². The van der Waals surface area contributed by atoms with Gasteiger partial charge in [0.05, 0.1) is 19.3 Å². The molecule has 0 saturated heterocycles. The highest BCUT2D eigenvalue weighted by atomic mass is 32.1. The lowest BCUT2D eigenvalue weighted by atomic mass is 10.1. The van der Waals surface area contributed by atoms with Crippen LogP contribution in [-0.4, -0.2) is 30.4 Å². The highest BCUT2D eigenvalue weighted by molar-refractivity contribution is 7.15. The van der Waals surface area contributed by atoms with Gasteiger partial charge in [-0.2, -0.15) is 0 Å². The first kappa shape index (κ1) is 21.5. The SMILES string of the molecule is COc1cc(C(C)=O)ccc1OCC(=O)NCc1sc(-c2ccccc2C)nc1C. The van der Waals surface area contributed by atoms with Gasteiger partial charge in [0.1, 0.15) is 5.01 Å². The van der Waals surface area contributed by atoms with E-state index < -0.39 is 0 Å². The molecule has 6 nitrogen and oxygen atoms in total. The molecule has 30 heavy (non-hydrogen) atoms. The van der Waals surface area contributed by atoms with Crippen LogP contribution in [0.25, 0.3) is 10.6 Å². The maximum absolute atomic E-state index is 12.3. The molecule has 0 spiro atoms. The molecular weight excluding hydrogens is 400 g/mol. The molecular formula is C23H24N2O4S. The second-order valence-electron chi connectivity index (χ2n) is 6.83. The summed E-state index contributed by atoms with van der Waals surface area (Å²) in [5, 5.41) is 3.81. The molecule has 2 aromatic carbocycles. The lowest BCUT2D eigenvalue weighted by Gasteiger charge is -2.11. The Kier molecular flexibility index (Phi) is 6.84. The number of carbonyl (C=O) groups excluding carboxylic acids is 2. The molecule has 1 N–H and O–H groups in total. The van der Waals surface area contributed by atoms with Crippen LogP contribution in [0.3, 0.4) is 0 Å². The second-order valence-corrected chi connectivity index (χ2v) is 7.91. The summed E-state index contributed by atoms with van der Waals surface area (Å²) in [6, 6.07) is 13.0. The number of benzene rings is 2. The summed E-state index contributed by atoms with van der Waals surface area (Å²) in [6.07, 6.45) is 0. The molecule has 0 aliphatic rings. The van der Waals surface area contributed by atoms with Gasteiger partial charge in [-0.15, -0.1) is 11.3 Å². The third-order valence-electron chi connectivity index (χ3n) is 4.64. The number of aromatic nitrogens is 1. The Morgan fingerprint density at radius 1 is 1.10 bits per heavy atom. The van der Waals surface area contributed by atoms with Gasteiger partial charge in [-0.3, -0.25) is 9.59 Å². The molecule has 0 saturated carbocycles. The Labute approximate surface area is 179 Å². The number of ketones is 1. The van der Waals surface area contributed by atoms with E-state index in [1.807, 2.05) is 19.1 Å². The Balaban J connectivity index is 1.59. The van der Waals surface area contributed by atoms with Gasteiger partial charge >= 0.3 is 0 Å². The number of Topliss-reactive ketones (excluding diaryl/α,β-unsaturated/α-hetero) is 1. The molecule has 0 aliphatic carbocycles. The first-order valence-corrected chi connectivity index (χ1v) is 10.3. The van der Waals surface area contributed by atoms with E-state index in [0.717, 1.165) is 21.1 Å². The van der Waals surface area contributed by atoms with Crippen LogP contribution in [0.2, 0.25) is 0 Å².